The number of carbonyl (C=O) groups excluding carboxylic acids is 1. The molecule has 84 valence electrons. The summed E-state index contributed by atoms with van der Waals surface area (Å²) in [4.78, 5) is 16.5. The highest BCUT2D eigenvalue weighted by atomic mass is 16.6. The number of nitrogens with one attached hydrogen (secondary N) is 1. The fraction of sp³-hybridized carbons (Fsp3) is 0.600. The third kappa shape index (κ3) is 2.56. The molecule has 5 heteroatoms. The van der Waals surface area contributed by atoms with Gasteiger partial charge in [-0.1, -0.05) is 19.0 Å². The summed E-state index contributed by atoms with van der Waals surface area (Å²) in [6.45, 7) is 7.84. The van der Waals surface area contributed by atoms with Crippen LogP contribution in [0.15, 0.2) is 4.52 Å². The van der Waals surface area contributed by atoms with Gasteiger partial charge in [-0.15, -0.1) is 0 Å². The van der Waals surface area contributed by atoms with E-state index in [1.807, 2.05) is 13.8 Å². The first-order valence-corrected chi connectivity index (χ1v) is 4.96. The van der Waals surface area contributed by atoms with E-state index in [-0.39, 0.29) is 11.8 Å². The number of aryl methyl sites for hydroxylation is 1. The quantitative estimate of drug-likeness (QED) is 0.773. The third-order valence-electron chi connectivity index (χ3n) is 1.95. The lowest BCUT2D eigenvalue weighted by atomic mass is 10.1. The van der Waals surface area contributed by atoms with E-state index in [4.69, 9.17) is 9.36 Å². The molecule has 15 heavy (non-hydrogen) atoms. The average Bonchev–Trinajstić information content (AvgIpc) is 2.56. The molecular weight excluding hydrogens is 196 g/mol. The largest absolute Gasteiger partial charge is 0.360 e. The Morgan fingerprint density at radius 3 is 2.80 bits per heavy atom. The van der Waals surface area contributed by atoms with Crippen molar-refractivity contribution >= 4 is 5.91 Å². The van der Waals surface area contributed by atoms with E-state index in [1.165, 1.54) is 0 Å². The lowest BCUT2D eigenvalue weighted by molar-refractivity contribution is 0.0362. The molecule has 0 unspecified atom stereocenters. The van der Waals surface area contributed by atoms with Crippen LogP contribution in [0.2, 0.25) is 0 Å². The molecule has 0 saturated heterocycles. The summed E-state index contributed by atoms with van der Waals surface area (Å²) in [6.07, 6.45) is 0. The molecule has 0 radical (unpaired) electrons. The zero-order valence-electron chi connectivity index (χ0n) is 9.46. The van der Waals surface area contributed by atoms with Crippen LogP contribution in [-0.4, -0.2) is 17.7 Å². The second-order valence-electron chi connectivity index (χ2n) is 3.53. The highest BCUT2D eigenvalue weighted by Crippen LogP contribution is 2.21. The Hall–Kier alpha value is -1.36. The van der Waals surface area contributed by atoms with Gasteiger partial charge in [0, 0.05) is 5.92 Å². The number of aromatic nitrogens is 1. The van der Waals surface area contributed by atoms with Crippen LogP contribution in [0.5, 0.6) is 0 Å². The van der Waals surface area contributed by atoms with Gasteiger partial charge in [-0.3, -0.25) is 9.63 Å². The van der Waals surface area contributed by atoms with Crippen molar-refractivity contribution in [1.29, 1.82) is 0 Å². The fourth-order valence-electron chi connectivity index (χ4n) is 1.25. The minimum absolute atomic E-state index is 0.119. The van der Waals surface area contributed by atoms with Gasteiger partial charge in [-0.05, 0) is 13.8 Å². The van der Waals surface area contributed by atoms with Crippen LogP contribution in [0.3, 0.4) is 0 Å². The Labute approximate surface area is 88.7 Å². The molecule has 1 aromatic rings. The van der Waals surface area contributed by atoms with Crippen molar-refractivity contribution in [2.24, 2.45) is 0 Å². The number of amides is 1. The number of rotatable bonds is 4. The van der Waals surface area contributed by atoms with E-state index in [9.17, 15) is 4.79 Å². The lowest BCUT2D eigenvalue weighted by Crippen LogP contribution is -2.25. The summed E-state index contributed by atoms with van der Waals surface area (Å²) in [5.41, 5.74) is 3.38. The van der Waals surface area contributed by atoms with Crippen LogP contribution in [0.4, 0.5) is 0 Å². The van der Waals surface area contributed by atoms with Crippen molar-refractivity contribution in [2.75, 3.05) is 6.61 Å². The predicted octanol–water partition coefficient (Wildman–Crippen LogP) is 1.79. The van der Waals surface area contributed by atoms with Gasteiger partial charge in [0.2, 0.25) is 0 Å². The van der Waals surface area contributed by atoms with E-state index in [2.05, 4.69) is 10.6 Å². The lowest BCUT2D eigenvalue weighted by Gasteiger charge is -2.05. The Kier molecular flexibility index (Phi) is 3.85. The maximum absolute atomic E-state index is 11.7. The SMILES string of the molecule is CCONC(=O)c1c(C)noc1C(C)C. The summed E-state index contributed by atoms with van der Waals surface area (Å²) in [7, 11) is 0. The van der Waals surface area contributed by atoms with Crippen LogP contribution >= 0.6 is 0 Å². The van der Waals surface area contributed by atoms with Gasteiger partial charge in [0.15, 0.2) is 5.76 Å². The van der Waals surface area contributed by atoms with Crippen molar-refractivity contribution in [3.05, 3.63) is 17.0 Å². The summed E-state index contributed by atoms with van der Waals surface area (Å²) < 4.78 is 5.09. The summed E-state index contributed by atoms with van der Waals surface area (Å²) in [5, 5.41) is 3.78. The summed E-state index contributed by atoms with van der Waals surface area (Å²) in [6, 6.07) is 0. The Balaban J connectivity index is 2.91. The van der Waals surface area contributed by atoms with E-state index >= 15 is 0 Å². The monoisotopic (exact) mass is 212 g/mol. The number of hydrogen-bond donors (Lipinski definition) is 1. The zero-order valence-corrected chi connectivity index (χ0v) is 9.46. The molecule has 1 heterocycles. The maximum atomic E-state index is 11.7. The molecule has 0 atom stereocenters. The number of carbonyl (C=O) groups is 1. The highest BCUT2D eigenvalue weighted by Gasteiger charge is 2.22. The molecule has 0 aliphatic heterocycles. The maximum Gasteiger partial charge on any atom is 0.280 e. The Morgan fingerprint density at radius 1 is 1.60 bits per heavy atom. The van der Waals surface area contributed by atoms with Gasteiger partial charge < -0.3 is 4.52 Å². The third-order valence-corrected chi connectivity index (χ3v) is 1.95. The number of hydrogen-bond acceptors (Lipinski definition) is 4. The van der Waals surface area contributed by atoms with Gasteiger partial charge in [-0.2, -0.15) is 0 Å². The first-order chi connectivity index (χ1) is 7.07. The van der Waals surface area contributed by atoms with Crippen molar-refractivity contribution < 1.29 is 14.2 Å². The first-order valence-electron chi connectivity index (χ1n) is 4.96. The summed E-state index contributed by atoms with van der Waals surface area (Å²) >= 11 is 0. The molecule has 1 N–H and O–H groups in total. The van der Waals surface area contributed by atoms with Gasteiger partial charge in [-0.25, -0.2) is 5.48 Å². The smallest absolute Gasteiger partial charge is 0.280 e. The van der Waals surface area contributed by atoms with E-state index < -0.39 is 0 Å². The fourth-order valence-corrected chi connectivity index (χ4v) is 1.25. The normalized spacial score (nSPS) is 10.7. The molecule has 1 rings (SSSR count). The van der Waals surface area contributed by atoms with Crippen LogP contribution in [-0.2, 0) is 4.84 Å². The predicted molar refractivity (Wildman–Crippen MR) is 54.4 cm³/mol. The van der Waals surface area contributed by atoms with Crippen LogP contribution in [0.25, 0.3) is 0 Å². The molecular formula is C10H16N2O3. The molecule has 5 nitrogen and oxygen atoms in total. The minimum Gasteiger partial charge on any atom is -0.360 e. The Morgan fingerprint density at radius 2 is 2.27 bits per heavy atom. The highest BCUT2D eigenvalue weighted by molar-refractivity contribution is 5.95. The van der Waals surface area contributed by atoms with Crippen molar-refractivity contribution in [3.63, 3.8) is 0 Å². The molecule has 1 aromatic heterocycles. The molecule has 1 amide bonds. The van der Waals surface area contributed by atoms with Crippen LogP contribution < -0.4 is 5.48 Å². The van der Waals surface area contributed by atoms with Crippen molar-refractivity contribution in [3.8, 4) is 0 Å². The average molecular weight is 212 g/mol. The van der Waals surface area contributed by atoms with Crippen molar-refractivity contribution in [2.45, 2.75) is 33.6 Å². The number of nitrogens with zero attached hydrogens (tertiary/aromatic N) is 1. The first kappa shape index (κ1) is 11.7. The molecule has 0 aliphatic rings. The molecule has 0 fully saturated rings. The molecule has 0 bridgehead atoms. The van der Waals surface area contributed by atoms with Crippen LogP contribution in [0, 0.1) is 6.92 Å². The number of hydroxylamine groups is 1. The molecule has 0 aromatic carbocycles. The molecule has 0 spiro atoms. The molecule has 0 aliphatic carbocycles. The van der Waals surface area contributed by atoms with Gasteiger partial charge in [0.1, 0.15) is 5.56 Å². The van der Waals surface area contributed by atoms with Crippen molar-refractivity contribution in [1.82, 2.24) is 10.6 Å². The van der Waals surface area contributed by atoms with Gasteiger partial charge >= 0.3 is 0 Å². The summed E-state index contributed by atoms with van der Waals surface area (Å²) in [5.74, 6) is 0.401. The minimum atomic E-state index is -0.306. The Bertz CT molecular complexity index is 344. The zero-order chi connectivity index (χ0) is 11.4. The van der Waals surface area contributed by atoms with E-state index in [0.29, 0.717) is 23.6 Å². The van der Waals surface area contributed by atoms with Gasteiger partial charge in [0.25, 0.3) is 5.91 Å². The standard InChI is InChI=1S/C10H16N2O3/c1-5-14-12-10(13)8-7(4)11-15-9(8)6(2)3/h6H,5H2,1-4H3,(H,12,13). The van der Waals surface area contributed by atoms with Gasteiger partial charge in [0.05, 0.1) is 12.3 Å². The topological polar surface area (TPSA) is 64.4 Å². The molecule has 0 saturated carbocycles. The second kappa shape index (κ2) is 4.93. The van der Waals surface area contributed by atoms with E-state index in [0.717, 1.165) is 0 Å². The second-order valence-corrected chi connectivity index (χ2v) is 3.53. The van der Waals surface area contributed by atoms with Crippen LogP contribution in [0.1, 0.15) is 48.5 Å². The van der Waals surface area contributed by atoms with E-state index in [1.54, 1.807) is 13.8 Å².